The maximum atomic E-state index is 11.1. The summed E-state index contributed by atoms with van der Waals surface area (Å²) in [6.45, 7) is 4.13. The van der Waals surface area contributed by atoms with Gasteiger partial charge in [0.25, 0.3) is 0 Å². The van der Waals surface area contributed by atoms with Gasteiger partial charge in [-0.1, -0.05) is 24.8 Å². The van der Waals surface area contributed by atoms with E-state index >= 15 is 0 Å². The lowest BCUT2D eigenvalue weighted by atomic mass is 10.1. The predicted octanol–water partition coefficient (Wildman–Crippen LogP) is 1.91. The first-order valence-electron chi connectivity index (χ1n) is 4.47. The van der Waals surface area contributed by atoms with E-state index in [1.54, 1.807) is 11.9 Å². The van der Waals surface area contributed by atoms with E-state index in [9.17, 15) is 4.79 Å². The lowest BCUT2D eigenvalue weighted by Crippen LogP contribution is -2.26. The summed E-state index contributed by atoms with van der Waals surface area (Å²) in [5.41, 5.74) is 1.21. The van der Waals surface area contributed by atoms with Crippen molar-refractivity contribution in [1.82, 2.24) is 4.90 Å². The van der Waals surface area contributed by atoms with Crippen LogP contribution < -0.4 is 0 Å². The average molecular weight is 177 g/mol. The van der Waals surface area contributed by atoms with Crippen molar-refractivity contribution in [2.24, 2.45) is 0 Å². The van der Waals surface area contributed by atoms with Gasteiger partial charge in [0.2, 0.25) is 5.91 Å². The number of hydrogen-bond acceptors (Lipinski definition) is 1. The summed E-state index contributed by atoms with van der Waals surface area (Å²) in [5.74, 6) is -0.0279. The molecule has 0 N–H and O–H groups in total. The second kappa shape index (κ2) is 4.65. The fraction of sp³-hybridized carbons (Fsp3) is 0.364. The number of allylic oxidation sites excluding steroid dienone is 2. The van der Waals surface area contributed by atoms with Gasteiger partial charge < -0.3 is 4.90 Å². The van der Waals surface area contributed by atoms with Gasteiger partial charge in [-0.3, -0.25) is 4.79 Å². The number of hydrogen-bond donors (Lipinski definition) is 0. The van der Waals surface area contributed by atoms with Crippen molar-refractivity contribution >= 4 is 5.91 Å². The monoisotopic (exact) mass is 177 g/mol. The van der Waals surface area contributed by atoms with Crippen LogP contribution in [0.1, 0.15) is 12.8 Å². The number of likely N-dealkylation sites (N-methyl/N-ethyl adjacent to an activating group) is 1. The zero-order chi connectivity index (χ0) is 9.68. The molecule has 0 aromatic heterocycles. The van der Waals surface area contributed by atoms with E-state index in [1.165, 1.54) is 11.6 Å². The van der Waals surface area contributed by atoms with Crippen LogP contribution in [0.5, 0.6) is 0 Å². The molecule has 0 radical (unpaired) electrons. The quantitative estimate of drug-likeness (QED) is 0.603. The lowest BCUT2D eigenvalue weighted by molar-refractivity contribution is -0.124. The molecule has 1 amide bonds. The zero-order valence-electron chi connectivity index (χ0n) is 7.99. The number of nitrogens with zero attached hydrogens (tertiary/aromatic N) is 1. The van der Waals surface area contributed by atoms with E-state index in [1.807, 2.05) is 0 Å². The molecular weight excluding hydrogens is 162 g/mol. The minimum Gasteiger partial charge on any atom is -0.338 e. The standard InChI is InChI=1S/C11H15NO/c1-3-11(13)12(2)9-10-7-5-4-6-8-10/h3,5,7-8H,1,4,6,9H2,2H3. The van der Waals surface area contributed by atoms with Crippen LogP contribution in [0.2, 0.25) is 0 Å². The van der Waals surface area contributed by atoms with E-state index in [2.05, 4.69) is 24.8 Å². The Labute approximate surface area is 79.2 Å². The van der Waals surface area contributed by atoms with Gasteiger partial charge in [-0.2, -0.15) is 0 Å². The lowest BCUT2D eigenvalue weighted by Gasteiger charge is -2.16. The maximum absolute atomic E-state index is 11.1. The third-order valence-electron chi connectivity index (χ3n) is 2.04. The van der Waals surface area contributed by atoms with E-state index in [4.69, 9.17) is 0 Å². The van der Waals surface area contributed by atoms with Crippen molar-refractivity contribution in [2.75, 3.05) is 13.6 Å². The highest BCUT2D eigenvalue weighted by Gasteiger charge is 2.05. The molecule has 2 nitrogen and oxygen atoms in total. The summed E-state index contributed by atoms with van der Waals surface area (Å²) < 4.78 is 0. The van der Waals surface area contributed by atoms with Gasteiger partial charge in [-0.15, -0.1) is 0 Å². The Balaban J connectivity index is 2.48. The average Bonchev–Trinajstić information content (AvgIpc) is 2.18. The highest BCUT2D eigenvalue weighted by Crippen LogP contribution is 2.10. The van der Waals surface area contributed by atoms with Gasteiger partial charge in [-0.05, 0) is 24.5 Å². The van der Waals surface area contributed by atoms with Gasteiger partial charge in [0.05, 0.1) is 0 Å². The predicted molar refractivity (Wildman–Crippen MR) is 54.3 cm³/mol. The Morgan fingerprint density at radius 1 is 1.69 bits per heavy atom. The van der Waals surface area contributed by atoms with Crippen LogP contribution in [-0.4, -0.2) is 24.4 Å². The Morgan fingerprint density at radius 2 is 2.46 bits per heavy atom. The second-order valence-electron chi connectivity index (χ2n) is 3.16. The molecule has 0 bridgehead atoms. The van der Waals surface area contributed by atoms with Crippen molar-refractivity contribution in [3.05, 3.63) is 36.5 Å². The Kier molecular flexibility index (Phi) is 3.50. The van der Waals surface area contributed by atoms with E-state index in [0.717, 1.165) is 12.8 Å². The molecule has 0 spiro atoms. The van der Waals surface area contributed by atoms with Crippen LogP contribution in [0.3, 0.4) is 0 Å². The zero-order valence-corrected chi connectivity index (χ0v) is 7.99. The minimum atomic E-state index is -0.0279. The number of amides is 1. The molecule has 0 aromatic rings. The molecule has 1 rings (SSSR count). The Morgan fingerprint density at radius 3 is 3.00 bits per heavy atom. The fourth-order valence-electron chi connectivity index (χ4n) is 1.29. The van der Waals surface area contributed by atoms with Crippen LogP contribution in [0.25, 0.3) is 0 Å². The molecule has 0 heterocycles. The SMILES string of the molecule is C=CC(=O)N(C)CC1=CCCC=C1. The van der Waals surface area contributed by atoms with Crippen LogP contribution in [0.4, 0.5) is 0 Å². The smallest absolute Gasteiger partial charge is 0.245 e. The summed E-state index contributed by atoms with van der Waals surface area (Å²) >= 11 is 0. The number of carbonyl (C=O) groups excluding carboxylic acids is 1. The molecule has 13 heavy (non-hydrogen) atoms. The molecule has 0 atom stereocenters. The largest absolute Gasteiger partial charge is 0.338 e. The summed E-state index contributed by atoms with van der Waals surface area (Å²) in [7, 11) is 1.79. The van der Waals surface area contributed by atoms with Crippen molar-refractivity contribution < 1.29 is 4.79 Å². The Hall–Kier alpha value is -1.31. The molecule has 0 saturated heterocycles. The fourth-order valence-corrected chi connectivity index (χ4v) is 1.29. The highest BCUT2D eigenvalue weighted by atomic mass is 16.2. The molecule has 0 aliphatic heterocycles. The first kappa shape index (κ1) is 9.78. The third kappa shape index (κ3) is 2.90. The first-order valence-corrected chi connectivity index (χ1v) is 4.47. The van der Waals surface area contributed by atoms with Crippen molar-refractivity contribution in [2.45, 2.75) is 12.8 Å². The van der Waals surface area contributed by atoms with Crippen LogP contribution in [0, 0.1) is 0 Å². The summed E-state index contributed by atoms with van der Waals surface area (Å²) in [6, 6.07) is 0. The van der Waals surface area contributed by atoms with Gasteiger partial charge in [0.15, 0.2) is 0 Å². The number of rotatable bonds is 3. The topological polar surface area (TPSA) is 20.3 Å². The normalized spacial score (nSPS) is 15.0. The molecular formula is C11H15NO. The summed E-state index contributed by atoms with van der Waals surface area (Å²) in [5, 5.41) is 0. The van der Waals surface area contributed by atoms with Gasteiger partial charge in [0.1, 0.15) is 0 Å². The van der Waals surface area contributed by atoms with Crippen LogP contribution in [-0.2, 0) is 4.79 Å². The van der Waals surface area contributed by atoms with Crippen molar-refractivity contribution in [3.8, 4) is 0 Å². The molecule has 0 unspecified atom stereocenters. The molecule has 0 fully saturated rings. The molecule has 2 heteroatoms. The second-order valence-corrected chi connectivity index (χ2v) is 3.16. The highest BCUT2D eigenvalue weighted by molar-refractivity contribution is 5.86. The van der Waals surface area contributed by atoms with Gasteiger partial charge in [0, 0.05) is 13.6 Å². The maximum Gasteiger partial charge on any atom is 0.245 e. The summed E-state index contributed by atoms with van der Waals surface area (Å²) in [4.78, 5) is 12.8. The van der Waals surface area contributed by atoms with E-state index in [0.29, 0.717) is 6.54 Å². The molecule has 1 aliphatic carbocycles. The van der Waals surface area contributed by atoms with E-state index < -0.39 is 0 Å². The first-order chi connectivity index (χ1) is 6.24. The van der Waals surface area contributed by atoms with Crippen LogP contribution >= 0.6 is 0 Å². The van der Waals surface area contributed by atoms with Gasteiger partial charge >= 0.3 is 0 Å². The number of carbonyl (C=O) groups is 1. The molecule has 0 saturated carbocycles. The molecule has 70 valence electrons. The van der Waals surface area contributed by atoms with Crippen molar-refractivity contribution in [3.63, 3.8) is 0 Å². The third-order valence-corrected chi connectivity index (χ3v) is 2.04. The summed E-state index contributed by atoms with van der Waals surface area (Å²) in [6.07, 6.45) is 9.93. The Bertz CT molecular complexity index is 263. The minimum absolute atomic E-state index is 0.0279. The van der Waals surface area contributed by atoms with E-state index in [-0.39, 0.29) is 5.91 Å². The van der Waals surface area contributed by atoms with Gasteiger partial charge in [-0.25, -0.2) is 0 Å². The molecule has 1 aliphatic rings. The van der Waals surface area contributed by atoms with Crippen LogP contribution in [0.15, 0.2) is 36.5 Å². The molecule has 0 aromatic carbocycles. The van der Waals surface area contributed by atoms with Crippen molar-refractivity contribution in [1.29, 1.82) is 0 Å².